The zero-order chi connectivity index (χ0) is 14.7. The van der Waals surface area contributed by atoms with Gasteiger partial charge in [0.2, 0.25) is 0 Å². The van der Waals surface area contributed by atoms with E-state index in [1.54, 1.807) is 25.3 Å². The van der Waals surface area contributed by atoms with Crippen LogP contribution in [0.1, 0.15) is 21.5 Å². The molecule has 0 radical (unpaired) electrons. The van der Waals surface area contributed by atoms with Gasteiger partial charge in [-0.05, 0) is 77.9 Å². The van der Waals surface area contributed by atoms with Gasteiger partial charge in [0.15, 0.2) is 0 Å². The standard InChI is InChI=1S/C16H16INO2/c1-10-7-13(8-11(2)15(10)17)18-16(19)12-5-4-6-14(9-12)20-3/h4-9H,1-3H3,(H,18,19). The maximum atomic E-state index is 12.2. The van der Waals surface area contributed by atoms with E-state index >= 15 is 0 Å². The van der Waals surface area contributed by atoms with Crippen LogP contribution in [0.4, 0.5) is 5.69 Å². The van der Waals surface area contributed by atoms with Gasteiger partial charge in [0, 0.05) is 14.8 Å². The van der Waals surface area contributed by atoms with Gasteiger partial charge in [-0.3, -0.25) is 4.79 Å². The topological polar surface area (TPSA) is 38.3 Å². The number of hydrogen-bond donors (Lipinski definition) is 1. The molecule has 2 aromatic rings. The molecule has 0 saturated carbocycles. The number of benzene rings is 2. The number of aryl methyl sites for hydroxylation is 2. The average Bonchev–Trinajstić information content (AvgIpc) is 2.44. The Morgan fingerprint density at radius 1 is 1.15 bits per heavy atom. The molecule has 0 spiro atoms. The van der Waals surface area contributed by atoms with Gasteiger partial charge < -0.3 is 10.1 Å². The summed E-state index contributed by atoms with van der Waals surface area (Å²) in [6, 6.07) is 11.1. The monoisotopic (exact) mass is 381 g/mol. The van der Waals surface area contributed by atoms with E-state index in [9.17, 15) is 4.79 Å². The zero-order valence-electron chi connectivity index (χ0n) is 11.7. The van der Waals surface area contributed by atoms with Gasteiger partial charge in [0.1, 0.15) is 5.75 Å². The predicted molar refractivity (Wildman–Crippen MR) is 89.6 cm³/mol. The molecular weight excluding hydrogens is 365 g/mol. The van der Waals surface area contributed by atoms with E-state index < -0.39 is 0 Å². The highest BCUT2D eigenvalue weighted by Crippen LogP contribution is 2.22. The highest BCUT2D eigenvalue weighted by molar-refractivity contribution is 14.1. The van der Waals surface area contributed by atoms with Crippen molar-refractivity contribution in [3.63, 3.8) is 0 Å². The molecule has 0 atom stereocenters. The molecule has 104 valence electrons. The first-order valence-corrected chi connectivity index (χ1v) is 7.31. The highest BCUT2D eigenvalue weighted by atomic mass is 127. The molecule has 3 nitrogen and oxygen atoms in total. The number of ether oxygens (including phenoxy) is 1. The van der Waals surface area contributed by atoms with Crippen LogP contribution >= 0.6 is 22.6 Å². The van der Waals surface area contributed by atoms with Crippen molar-refractivity contribution in [2.75, 3.05) is 12.4 Å². The molecule has 0 aliphatic heterocycles. The summed E-state index contributed by atoms with van der Waals surface area (Å²) in [6.07, 6.45) is 0. The second kappa shape index (κ2) is 6.26. The molecule has 20 heavy (non-hydrogen) atoms. The molecule has 2 rings (SSSR count). The van der Waals surface area contributed by atoms with E-state index in [1.807, 2.05) is 32.0 Å². The van der Waals surface area contributed by atoms with Crippen LogP contribution in [0.25, 0.3) is 0 Å². The maximum Gasteiger partial charge on any atom is 0.255 e. The van der Waals surface area contributed by atoms with E-state index in [2.05, 4.69) is 27.9 Å². The minimum atomic E-state index is -0.135. The minimum absolute atomic E-state index is 0.135. The van der Waals surface area contributed by atoms with Crippen LogP contribution in [0.15, 0.2) is 36.4 Å². The first kappa shape index (κ1) is 14.8. The molecule has 0 unspecified atom stereocenters. The third-order valence-corrected chi connectivity index (χ3v) is 4.73. The Hall–Kier alpha value is -1.56. The highest BCUT2D eigenvalue weighted by Gasteiger charge is 2.09. The van der Waals surface area contributed by atoms with Gasteiger partial charge in [-0.25, -0.2) is 0 Å². The van der Waals surface area contributed by atoms with Crippen molar-refractivity contribution in [2.45, 2.75) is 13.8 Å². The number of carbonyl (C=O) groups excluding carboxylic acids is 1. The molecule has 0 saturated heterocycles. The number of rotatable bonds is 3. The van der Waals surface area contributed by atoms with Crippen LogP contribution in [0, 0.1) is 17.4 Å². The Balaban J connectivity index is 2.23. The molecule has 4 heteroatoms. The lowest BCUT2D eigenvalue weighted by molar-refractivity contribution is 0.102. The van der Waals surface area contributed by atoms with Crippen LogP contribution < -0.4 is 10.1 Å². The summed E-state index contributed by atoms with van der Waals surface area (Å²) >= 11 is 2.31. The van der Waals surface area contributed by atoms with Crippen molar-refractivity contribution < 1.29 is 9.53 Å². The van der Waals surface area contributed by atoms with Crippen LogP contribution in [0.2, 0.25) is 0 Å². The van der Waals surface area contributed by atoms with Crippen LogP contribution in [-0.4, -0.2) is 13.0 Å². The van der Waals surface area contributed by atoms with Gasteiger partial charge in [-0.1, -0.05) is 6.07 Å². The van der Waals surface area contributed by atoms with Gasteiger partial charge in [0.25, 0.3) is 5.91 Å². The number of halogens is 1. The first-order valence-electron chi connectivity index (χ1n) is 6.23. The van der Waals surface area contributed by atoms with Crippen LogP contribution in [0.5, 0.6) is 5.75 Å². The van der Waals surface area contributed by atoms with Crippen molar-refractivity contribution in [1.29, 1.82) is 0 Å². The number of methoxy groups -OCH3 is 1. The van der Waals surface area contributed by atoms with Crippen molar-refractivity contribution in [1.82, 2.24) is 0 Å². The average molecular weight is 381 g/mol. The van der Waals surface area contributed by atoms with Crippen molar-refractivity contribution in [3.05, 3.63) is 56.7 Å². The fourth-order valence-electron chi connectivity index (χ4n) is 1.99. The van der Waals surface area contributed by atoms with Gasteiger partial charge >= 0.3 is 0 Å². The molecule has 1 amide bonds. The predicted octanol–water partition coefficient (Wildman–Crippen LogP) is 4.17. The lowest BCUT2D eigenvalue weighted by Crippen LogP contribution is -2.12. The van der Waals surface area contributed by atoms with E-state index in [1.165, 1.54) is 3.57 Å². The quantitative estimate of drug-likeness (QED) is 0.811. The Kier molecular flexibility index (Phi) is 4.65. The number of nitrogens with one attached hydrogen (secondary N) is 1. The fraction of sp³-hybridized carbons (Fsp3) is 0.188. The van der Waals surface area contributed by atoms with Gasteiger partial charge in [-0.2, -0.15) is 0 Å². The summed E-state index contributed by atoms with van der Waals surface area (Å²) in [7, 11) is 1.59. The Morgan fingerprint density at radius 2 is 1.80 bits per heavy atom. The smallest absolute Gasteiger partial charge is 0.255 e. The molecule has 0 aliphatic rings. The largest absolute Gasteiger partial charge is 0.497 e. The Bertz CT molecular complexity index is 630. The van der Waals surface area contributed by atoms with Crippen LogP contribution in [0.3, 0.4) is 0 Å². The normalized spacial score (nSPS) is 10.2. The summed E-state index contributed by atoms with van der Waals surface area (Å²) in [5.74, 6) is 0.538. The van der Waals surface area contributed by atoms with E-state index in [4.69, 9.17) is 4.74 Å². The summed E-state index contributed by atoms with van der Waals surface area (Å²) in [4.78, 5) is 12.2. The molecule has 0 aromatic heterocycles. The fourth-order valence-corrected chi connectivity index (χ4v) is 2.30. The summed E-state index contributed by atoms with van der Waals surface area (Å²) < 4.78 is 6.35. The van der Waals surface area contributed by atoms with E-state index in [-0.39, 0.29) is 5.91 Å². The minimum Gasteiger partial charge on any atom is -0.497 e. The Labute approximate surface area is 132 Å². The molecule has 0 fully saturated rings. The van der Waals surface area contributed by atoms with Gasteiger partial charge in [-0.15, -0.1) is 0 Å². The van der Waals surface area contributed by atoms with Crippen molar-refractivity contribution >= 4 is 34.2 Å². The third kappa shape index (κ3) is 3.30. The first-order chi connectivity index (χ1) is 9.51. The molecule has 0 aliphatic carbocycles. The number of carbonyl (C=O) groups is 1. The van der Waals surface area contributed by atoms with Crippen LogP contribution in [-0.2, 0) is 0 Å². The molecule has 0 heterocycles. The zero-order valence-corrected chi connectivity index (χ0v) is 13.8. The summed E-state index contributed by atoms with van der Waals surface area (Å²) in [6.45, 7) is 4.08. The second-order valence-electron chi connectivity index (χ2n) is 4.61. The molecule has 0 bridgehead atoms. The maximum absolute atomic E-state index is 12.2. The van der Waals surface area contributed by atoms with Crippen molar-refractivity contribution in [2.24, 2.45) is 0 Å². The number of hydrogen-bond acceptors (Lipinski definition) is 2. The summed E-state index contributed by atoms with van der Waals surface area (Å²) in [5, 5.41) is 2.92. The third-order valence-electron chi connectivity index (χ3n) is 3.03. The van der Waals surface area contributed by atoms with E-state index in [0.29, 0.717) is 11.3 Å². The molecule has 2 aromatic carbocycles. The van der Waals surface area contributed by atoms with Crippen molar-refractivity contribution in [3.8, 4) is 5.75 Å². The number of amides is 1. The van der Waals surface area contributed by atoms with Gasteiger partial charge in [0.05, 0.1) is 7.11 Å². The Morgan fingerprint density at radius 3 is 2.40 bits per heavy atom. The second-order valence-corrected chi connectivity index (χ2v) is 5.69. The number of anilines is 1. The summed E-state index contributed by atoms with van der Waals surface area (Å²) in [5.41, 5.74) is 3.71. The lowest BCUT2D eigenvalue weighted by Gasteiger charge is -2.10. The molecular formula is C16H16INO2. The lowest BCUT2D eigenvalue weighted by atomic mass is 10.1. The SMILES string of the molecule is COc1cccc(C(=O)Nc2cc(C)c(I)c(C)c2)c1. The van der Waals surface area contributed by atoms with E-state index in [0.717, 1.165) is 16.8 Å². The molecule has 1 N–H and O–H groups in total.